The molecule has 0 spiro atoms. The molecule has 4 rings (SSSR count). The fraction of sp³-hybridized carbons (Fsp3) is 0.242. The lowest BCUT2D eigenvalue weighted by Gasteiger charge is -2.38. The topological polar surface area (TPSA) is 38.8 Å². The second-order valence-corrected chi connectivity index (χ2v) is 11.1. The normalized spacial score (nSPS) is 12.2. The number of benzene rings is 4. The number of alkyl halides is 1. The zero-order chi connectivity index (χ0) is 27.0. The van der Waals surface area contributed by atoms with E-state index in [1.165, 1.54) is 0 Å². The summed E-state index contributed by atoms with van der Waals surface area (Å²) in [6.07, 6.45) is 0. The van der Waals surface area contributed by atoms with Gasteiger partial charge in [-0.15, -0.1) is 0 Å². The van der Waals surface area contributed by atoms with Crippen molar-refractivity contribution in [1.29, 1.82) is 0 Å². The third-order valence-corrected chi connectivity index (χ3v) is 7.12. The number of Topliss-reactive ketones (excluding diaryl/α,β-unsaturated/α-hetero) is 1. The van der Waals surface area contributed by atoms with Crippen LogP contribution in [0.5, 0.6) is 11.5 Å². The predicted molar refractivity (Wildman–Crippen MR) is 157 cm³/mol. The monoisotopic (exact) mass is 571 g/mol. The van der Waals surface area contributed by atoms with Gasteiger partial charge in [-0.1, -0.05) is 107 Å². The van der Waals surface area contributed by atoms with Crippen molar-refractivity contribution in [2.75, 3.05) is 0 Å². The molecule has 0 radical (unpaired) electrons. The summed E-state index contributed by atoms with van der Waals surface area (Å²) < 4.78 is 12.2. The average Bonchev–Trinajstić information content (AvgIpc) is 2.94. The van der Waals surface area contributed by atoms with E-state index in [4.69, 9.17) is 9.47 Å². The van der Waals surface area contributed by atoms with Gasteiger partial charge >= 0.3 is 0 Å². The lowest BCUT2D eigenvalue weighted by molar-refractivity contribution is 0.0741. The van der Waals surface area contributed by atoms with Gasteiger partial charge in [0.25, 0.3) is 0 Å². The minimum atomic E-state index is -0.533. The van der Waals surface area contributed by atoms with E-state index >= 15 is 0 Å². The maximum Gasteiger partial charge on any atom is 0.191 e. The summed E-state index contributed by atoms with van der Waals surface area (Å²) in [6, 6.07) is 35.6. The minimum absolute atomic E-state index is 0.0504. The number of carbonyl (C=O) groups is 1. The highest BCUT2D eigenvalue weighted by molar-refractivity contribution is 9.10. The molecule has 4 aromatic rings. The van der Waals surface area contributed by atoms with Crippen LogP contribution in [0.4, 0.5) is 0 Å². The van der Waals surface area contributed by atoms with E-state index < -0.39 is 4.95 Å². The Kier molecular flexibility index (Phi) is 9.38. The van der Waals surface area contributed by atoms with Crippen LogP contribution in [-0.2, 0) is 19.8 Å². The Labute approximate surface area is 234 Å². The summed E-state index contributed by atoms with van der Waals surface area (Å²) in [5.41, 5.74) is 3.52. The maximum absolute atomic E-state index is 13.9. The van der Waals surface area contributed by atoms with Gasteiger partial charge in [0.05, 0.1) is 0 Å². The standard InChI is InChI=1S/C33H34BrNO3/c1-33(2,3)35(22-25-13-7-4-8-14-25)32(34)31(36)28-19-29(37-23-26-15-9-5-10-16-26)21-30(20-28)38-24-27-17-11-6-12-18-27/h4-21,32H,22-24H2,1-3H3. The Balaban J connectivity index is 1.59. The van der Waals surface area contributed by atoms with Gasteiger partial charge in [-0.25, -0.2) is 0 Å². The number of halogens is 1. The Hall–Kier alpha value is -3.41. The van der Waals surface area contributed by atoms with Gasteiger partial charge < -0.3 is 9.47 Å². The lowest BCUT2D eigenvalue weighted by atomic mass is 10.0. The highest BCUT2D eigenvalue weighted by atomic mass is 79.9. The van der Waals surface area contributed by atoms with Gasteiger partial charge in [0, 0.05) is 23.7 Å². The number of hydrogen-bond donors (Lipinski definition) is 0. The van der Waals surface area contributed by atoms with E-state index in [0.717, 1.165) is 16.7 Å². The predicted octanol–water partition coefficient (Wildman–Crippen LogP) is 8.05. The molecule has 0 aliphatic heterocycles. The first-order chi connectivity index (χ1) is 18.3. The largest absolute Gasteiger partial charge is 0.489 e. The third-order valence-electron chi connectivity index (χ3n) is 6.21. The zero-order valence-electron chi connectivity index (χ0n) is 22.1. The number of ether oxygens (including phenoxy) is 2. The number of carbonyl (C=O) groups excluding carboxylic acids is 1. The van der Waals surface area contributed by atoms with Gasteiger partial charge in [0.2, 0.25) is 0 Å². The van der Waals surface area contributed by atoms with E-state index in [-0.39, 0.29) is 11.3 Å². The molecule has 196 valence electrons. The van der Waals surface area contributed by atoms with Gasteiger partial charge in [-0.05, 0) is 49.6 Å². The summed E-state index contributed by atoms with van der Waals surface area (Å²) in [6.45, 7) is 7.78. The molecule has 0 heterocycles. The molecule has 0 saturated carbocycles. The van der Waals surface area contributed by atoms with Crippen LogP contribution in [0, 0.1) is 0 Å². The van der Waals surface area contributed by atoms with Crippen molar-refractivity contribution < 1.29 is 14.3 Å². The van der Waals surface area contributed by atoms with Crippen LogP contribution >= 0.6 is 15.9 Å². The molecular weight excluding hydrogens is 538 g/mol. The van der Waals surface area contributed by atoms with Crippen molar-refractivity contribution in [1.82, 2.24) is 4.90 Å². The van der Waals surface area contributed by atoms with Gasteiger partial charge in [-0.2, -0.15) is 0 Å². The Morgan fingerprint density at radius 2 is 1.13 bits per heavy atom. The summed E-state index contributed by atoms with van der Waals surface area (Å²) in [5, 5.41) is 0. The van der Waals surface area contributed by atoms with E-state index in [0.29, 0.717) is 36.8 Å². The zero-order valence-corrected chi connectivity index (χ0v) is 23.7. The molecule has 0 bridgehead atoms. The second-order valence-electron chi connectivity index (χ2n) is 10.2. The first-order valence-corrected chi connectivity index (χ1v) is 13.7. The molecule has 0 fully saturated rings. The number of rotatable bonds is 11. The Morgan fingerprint density at radius 3 is 1.55 bits per heavy atom. The van der Waals surface area contributed by atoms with Crippen LogP contribution in [0.3, 0.4) is 0 Å². The fourth-order valence-corrected chi connectivity index (χ4v) is 5.10. The molecule has 0 saturated heterocycles. The highest BCUT2D eigenvalue weighted by Crippen LogP contribution is 2.30. The van der Waals surface area contributed by atoms with Crippen molar-refractivity contribution in [2.45, 2.75) is 51.0 Å². The van der Waals surface area contributed by atoms with Gasteiger partial charge in [-0.3, -0.25) is 9.69 Å². The molecule has 38 heavy (non-hydrogen) atoms. The average molecular weight is 573 g/mol. The van der Waals surface area contributed by atoms with Crippen molar-refractivity contribution in [2.24, 2.45) is 0 Å². The molecular formula is C33H34BrNO3. The van der Waals surface area contributed by atoms with Crippen LogP contribution in [-0.4, -0.2) is 21.2 Å². The Morgan fingerprint density at radius 1 is 0.711 bits per heavy atom. The maximum atomic E-state index is 13.9. The molecule has 4 aromatic carbocycles. The van der Waals surface area contributed by atoms with Crippen LogP contribution in [0.1, 0.15) is 47.8 Å². The smallest absolute Gasteiger partial charge is 0.191 e. The van der Waals surface area contributed by atoms with E-state index in [9.17, 15) is 4.79 Å². The van der Waals surface area contributed by atoms with E-state index in [2.05, 4.69) is 53.7 Å². The highest BCUT2D eigenvalue weighted by Gasteiger charge is 2.33. The second kappa shape index (κ2) is 12.9. The number of hydrogen-bond acceptors (Lipinski definition) is 4. The van der Waals surface area contributed by atoms with Crippen molar-refractivity contribution >= 4 is 21.7 Å². The van der Waals surface area contributed by atoms with Crippen LogP contribution in [0.15, 0.2) is 109 Å². The van der Waals surface area contributed by atoms with Crippen LogP contribution in [0.25, 0.3) is 0 Å². The summed E-state index contributed by atoms with van der Waals surface area (Å²) >= 11 is 3.74. The van der Waals surface area contributed by atoms with Crippen molar-refractivity contribution in [3.05, 3.63) is 131 Å². The van der Waals surface area contributed by atoms with Crippen molar-refractivity contribution in [3.8, 4) is 11.5 Å². The molecule has 0 aliphatic rings. The number of nitrogens with zero attached hydrogens (tertiary/aromatic N) is 1. The molecule has 0 amide bonds. The SMILES string of the molecule is CC(C)(C)N(Cc1ccccc1)C(Br)C(=O)c1cc(OCc2ccccc2)cc(OCc2ccccc2)c1. The van der Waals surface area contributed by atoms with Crippen molar-refractivity contribution in [3.63, 3.8) is 0 Å². The Bertz CT molecular complexity index is 1240. The third kappa shape index (κ3) is 7.80. The summed E-state index contributed by atoms with van der Waals surface area (Å²) in [4.78, 5) is 15.5. The van der Waals surface area contributed by atoms with Gasteiger partial charge in [0.15, 0.2) is 5.78 Å². The summed E-state index contributed by atoms with van der Waals surface area (Å²) in [5.74, 6) is 1.13. The molecule has 5 heteroatoms. The quantitative estimate of drug-likeness (QED) is 0.104. The molecule has 0 N–H and O–H groups in total. The lowest BCUT2D eigenvalue weighted by Crippen LogP contribution is -2.48. The first-order valence-electron chi connectivity index (χ1n) is 12.8. The first kappa shape index (κ1) is 27.6. The fourth-order valence-electron chi connectivity index (χ4n) is 4.08. The van der Waals surface area contributed by atoms with E-state index in [1.807, 2.05) is 84.9 Å². The van der Waals surface area contributed by atoms with Crippen LogP contribution < -0.4 is 9.47 Å². The number of ketones is 1. The molecule has 4 nitrogen and oxygen atoms in total. The van der Waals surface area contributed by atoms with E-state index in [1.54, 1.807) is 12.1 Å². The molecule has 0 aromatic heterocycles. The molecule has 1 atom stereocenters. The summed E-state index contributed by atoms with van der Waals surface area (Å²) in [7, 11) is 0. The van der Waals surface area contributed by atoms with Crippen LogP contribution in [0.2, 0.25) is 0 Å². The molecule has 1 unspecified atom stereocenters. The minimum Gasteiger partial charge on any atom is -0.489 e. The molecule has 0 aliphatic carbocycles. The van der Waals surface area contributed by atoms with Gasteiger partial charge in [0.1, 0.15) is 29.7 Å².